The molecule has 1 aliphatic carbocycles. The molecule has 10 heteroatoms. The van der Waals surface area contributed by atoms with Gasteiger partial charge in [-0.3, -0.25) is 4.99 Å². The number of aryl methyl sites for hydroxylation is 1. The zero-order chi connectivity index (χ0) is 23.3. The molecule has 1 fully saturated rings. The quantitative estimate of drug-likeness (QED) is 0.523. The maximum atomic E-state index is 13.4. The summed E-state index contributed by atoms with van der Waals surface area (Å²) < 4.78 is 30.0. The van der Waals surface area contributed by atoms with Crippen LogP contribution in [0, 0.1) is 0 Å². The third-order valence-corrected chi connectivity index (χ3v) is 9.25. The van der Waals surface area contributed by atoms with Crippen LogP contribution in [-0.4, -0.2) is 67.2 Å². The molecule has 1 saturated carbocycles. The molecule has 0 unspecified atom stereocenters. The Morgan fingerprint density at radius 1 is 1.22 bits per heavy atom. The second-order valence-electron chi connectivity index (χ2n) is 8.53. The molecule has 32 heavy (non-hydrogen) atoms. The van der Waals surface area contributed by atoms with Gasteiger partial charge in [0, 0.05) is 25.7 Å². The number of sulfonamides is 1. The number of hydrogen-bond donors (Lipinski definition) is 0. The van der Waals surface area contributed by atoms with E-state index < -0.39 is 10.0 Å². The zero-order valence-electron chi connectivity index (χ0n) is 19.4. The third kappa shape index (κ3) is 6.20. The van der Waals surface area contributed by atoms with Crippen LogP contribution in [0.15, 0.2) is 28.1 Å². The number of rotatable bonds is 9. The molecule has 178 valence electrons. The van der Waals surface area contributed by atoms with Gasteiger partial charge in [-0.2, -0.15) is 9.40 Å². The Labute approximate surface area is 200 Å². The number of nitrogens with zero attached hydrogens (tertiary/aromatic N) is 5. The van der Waals surface area contributed by atoms with Gasteiger partial charge in [-0.05, 0) is 52.0 Å². The number of halogens is 1. The van der Waals surface area contributed by atoms with E-state index in [-0.39, 0.29) is 9.92 Å². The minimum atomic E-state index is -3.71. The molecule has 1 aromatic carbocycles. The molecule has 0 N–H and O–H groups in total. The minimum absolute atomic E-state index is 0.131. The van der Waals surface area contributed by atoms with E-state index in [1.807, 2.05) is 39.0 Å². The van der Waals surface area contributed by atoms with Gasteiger partial charge in [-0.1, -0.05) is 55.2 Å². The predicted octanol–water partition coefficient (Wildman–Crippen LogP) is 4.00. The topological polar surface area (TPSA) is 70.8 Å². The van der Waals surface area contributed by atoms with Gasteiger partial charge >= 0.3 is 0 Å². The summed E-state index contributed by atoms with van der Waals surface area (Å²) >= 11 is 7.86. The summed E-state index contributed by atoms with van der Waals surface area (Å²) in [5, 5.41) is 5.59. The molecular weight excluding hydrogens is 466 g/mol. The summed E-state index contributed by atoms with van der Waals surface area (Å²) in [6.45, 7) is 3.52. The van der Waals surface area contributed by atoms with Crippen LogP contribution >= 0.6 is 22.9 Å². The molecule has 0 spiro atoms. The highest BCUT2D eigenvalue weighted by Crippen LogP contribution is 2.30. The maximum Gasteiger partial charge on any atom is 0.244 e. The minimum Gasteiger partial charge on any atom is -0.309 e. The van der Waals surface area contributed by atoms with Crippen LogP contribution < -0.4 is 4.80 Å². The fraction of sp³-hybridized carbons (Fsp3) is 0.636. The van der Waals surface area contributed by atoms with E-state index >= 15 is 0 Å². The standard InChI is InChI=1S/C22H34ClN5O2S2/c1-5-28(15-9-14-26(2)3)32(29,30)20-16-17(12-13-19(20)23)21-25-27(4)22(31-21)24-18-10-7-6-8-11-18/h12-13,16,18H,5-11,14-15H2,1-4H3. The Hall–Kier alpha value is -1.26. The summed E-state index contributed by atoms with van der Waals surface area (Å²) in [5.41, 5.74) is 0.739. The first-order valence-corrected chi connectivity index (χ1v) is 13.9. The summed E-state index contributed by atoms with van der Waals surface area (Å²) in [6.07, 6.45) is 6.74. The van der Waals surface area contributed by atoms with E-state index in [0.29, 0.717) is 19.1 Å². The maximum absolute atomic E-state index is 13.4. The lowest BCUT2D eigenvalue weighted by Crippen LogP contribution is -2.33. The van der Waals surface area contributed by atoms with Crippen LogP contribution in [0.5, 0.6) is 0 Å². The molecule has 7 nitrogen and oxygen atoms in total. The fourth-order valence-corrected chi connectivity index (χ4v) is 6.87. The first kappa shape index (κ1) is 25.4. The van der Waals surface area contributed by atoms with Gasteiger partial charge in [0.25, 0.3) is 0 Å². The summed E-state index contributed by atoms with van der Waals surface area (Å²) in [5.74, 6) is 0. The van der Waals surface area contributed by atoms with Crippen molar-refractivity contribution in [2.24, 2.45) is 12.0 Å². The van der Waals surface area contributed by atoms with E-state index in [1.54, 1.807) is 16.8 Å². The zero-order valence-corrected chi connectivity index (χ0v) is 21.8. The molecule has 1 aromatic heterocycles. The van der Waals surface area contributed by atoms with Crippen molar-refractivity contribution in [3.8, 4) is 10.6 Å². The van der Waals surface area contributed by atoms with Crippen molar-refractivity contribution >= 4 is 33.0 Å². The number of hydrogen-bond acceptors (Lipinski definition) is 6. The molecule has 0 aliphatic heterocycles. The Kier molecular flexibility index (Phi) is 8.91. The van der Waals surface area contributed by atoms with Crippen molar-refractivity contribution in [2.75, 3.05) is 33.7 Å². The fourth-order valence-electron chi connectivity index (χ4n) is 3.93. The second kappa shape index (κ2) is 11.2. The van der Waals surface area contributed by atoms with Crippen LogP contribution in [0.3, 0.4) is 0 Å². The van der Waals surface area contributed by atoms with Crippen molar-refractivity contribution in [3.05, 3.63) is 28.0 Å². The highest BCUT2D eigenvalue weighted by molar-refractivity contribution is 7.89. The molecule has 0 amide bonds. The normalized spacial score (nSPS) is 16.4. The van der Waals surface area contributed by atoms with E-state index in [0.717, 1.165) is 41.2 Å². The van der Waals surface area contributed by atoms with Crippen LogP contribution in [-0.2, 0) is 17.1 Å². The van der Waals surface area contributed by atoms with E-state index in [4.69, 9.17) is 16.6 Å². The Morgan fingerprint density at radius 2 is 1.94 bits per heavy atom. The molecule has 0 saturated heterocycles. The molecule has 1 heterocycles. The van der Waals surface area contributed by atoms with Crippen molar-refractivity contribution in [1.82, 2.24) is 19.0 Å². The lowest BCUT2D eigenvalue weighted by molar-refractivity contribution is 0.356. The summed E-state index contributed by atoms with van der Waals surface area (Å²) in [6, 6.07) is 5.48. The van der Waals surface area contributed by atoms with E-state index in [2.05, 4.69) is 5.10 Å². The average Bonchev–Trinajstić information content (AvgIpc) is 3.12. The van der Waals surface area contributed by atoms with Crippen molar-refractivity contribution in [1.29, 1.82) is 0 Å². The molecule has 0 bridgehead atoms. The van der Waals surface area contributed by atoms with Gasteiger partial charge < -0.3 is 4.90 Å². The van der Waals surface area contributed by atoms with Crippen LogP contribution in [0.25, 0.3) is 10.6 Å². The largest absolute Gasteiger partial charge is 0.309 e. The SMILES string of the molecule is CCN(CCCN(C)C)S(=O)(=O)c1cc(-c2nn(C)c(=NC3CCCCC3)s2)ccc1Cl. The van der Waals surface area contributed by atoms with Gasteiger partial charge in [0.15, 0.2) is 0 Å². The number of benzene rings is 1. The monoisotopic (exact) mass is 499 g/mol. The van der Waals surface area contributed by atoms with Crippen molar-refractivity contribution in [2.45, 2.75) is 56.4 Å². The molecular formula is C22H34ClN5O2S2. The summed E-state index contributed by atoms with van der Waals surface area (Å²) in [7, 11) is 2.14. The van der Waals surface area contributed by atoms with Gasteiger partial charge in [0.05, 0.1) is 11.1 Å². The van der Waals surface area contributed by atoms with E-state index in [1.165, 1.54) is 34.9 Å². The third-order valence-electron chi connectivity index (χ3n) is 5.73. The highest BCUT2D eigenvalue weighted by Gasteiger charge is 2.26. The Bertz CT molecular complexity index is 1070. The Morgan fingerprint density at radius 3 is 2.59 bits per heavy atom. The number of aromatic nitrogens is 2. The first-order chi connectivity index (χ1) is 15.2. The second-order valence-corrected chi connectivity index (χ2v) is 11.8. The lowest BCUT2D eigenvalue weighted by atomic mass is 9.96. The van der Waals surface area contributed by atoms with Crippen LogP contribution in [0.4, 0.5) is 0 Å². The molecule has 2 aromatic rings. The molecule has 0 radical (unpaired) electrons. The smallest absolute Gasteiger partial charge is 0.244 e. The highest BCUT2D eigenvalue weighted by atomic mass is 35.5. The van der Waals surface area contributed by atoms with Gasteiger partial charge in [-0.15, -0.1) is 0 Å². The molecule has 1 aliphatic rings. The lowest BCUT2D eigenvalue weighted by Gasteiger charge is -2.22. The predicted molar refractivity (Wildman–Crippen MR) is 132 cm³/mol. The average molecular weight is 500 g/mol. The summed E-state index contributed by atoms with van der Waals surface area (Å²) in [4.78, 5) is 7.95. The van der Waals surface area contributed by atoms with Gasteiger partial charge in [0.1, 0.15) is 9.90 Å². The van der Waals surface area contributed by atoms with Crippen LogP contribution in [0.1, 0.15) is 45.4 Å². The Balaban J connectivity index is 1.90. The molecule has 0 atom stereocenters. The van der Waals surface area contributed by atoms with Crippen molar-refractivity contribution in [3.63, 3.8) is 0 Å². The van der Waals surface area contributed by atoms with Gasteiger partial charge in [0.2, 0.25) is 14.8 Å². The van der Waals surface area contributed by atoms with Crippen LogP contribution in [0.2, 0.25) is 5.02 Å². The first-order valence-electron chi connectivity index (χ1n) is 11.2. The molecule has 3 rings (SSSR count). The van der Waals surface area contributed by atoms with Gasteiger partial charge in [-0.25, -0.2) is 13.1 Å². The van der Waals surface area contributed by atoms with E-state index in [9.17, 15) is 8.42 Å². The van der Waals surface area contributed by atoms with Crippen molar-refractivity contribution < 1.29 is 8.42 Å².